The van der Waals surface area contributed by atoms with Crippen LogP contribution in [0.25, 0.3) is 0 Å². The lowest BCUT2D eigenvalue weighted by Gasteiger charge is -2.12. The van der Waals surface area contributed by atoms with Gasteiger partial charge < -0.3 is 10.1 Å². The largest absolute Gasteiger partial charge is 0.496 e. The summed E-state index contributed by atoms with van der Waals surface area (Å²) >= 11 is 0. The number of hydrogen-bond acceptors (Lipinski definition) is 4. The zero-order chi connectivity index (χ0) is 17.7. The third-order valence-corrected chi connectivity index (χ3v) is 4.80. The van der Waals surface area contributed by atoms with E-state index in [2.05, 4.69) is 10.0 Å². The number of anilines is 2. The van der Waals surface area contributed by atoms with Crippen LogP contribution >= 0.6 is 0 Å². The summed E-state index contributed by atoms with van der Waals surface area (Å²) in [6.45, 7) is 3.36. The van der Waals surface area contributed by atoms with Gasteiger partial charge in [0.05, 0.1) is 12.0 Å². The molecule has 7 heteroatoms. The van der Waals surface area contributed by atoms with Gasteiger partial charge in [-0.05, 0) is 54.4 Å². The average molecular weight is 348 g/mol. The molecule has 0 aliphatic rings. The van der Waals surface area contributed by atoms with Gasteiger partial charge in [-0.2, -0.15) is 0 Å². The maximum atomic E-state index is 12.5. The van der Waals surface area contributed by atoms with E-state index >= 15 is 0 Å². The van der Waals surface area contributed by atoms with Crippen LogP contribution in [0.3, 0.4) is 0 Å². The van der Waals surface area contributed by atoms with Crippen LogP contribution in [0.15, 0.2) is 47.4 Å². The molecule has 1 amide bonds. The lowest BCUT2D eigenvalue weighted by atomic mass is 10.1. The van der Waals surface area contributed by atoms with E-state index in [0.29, 0.717) is 11.4 Å². The fraction of sp³-hybridized carbons (Fsp3) is 0.235. The van der Waals surface area contributed by atoms with Gasteiger partial charge in [-0.15, -0.1) is 0 Å². The molecule has 0 heterocycles. The number of benzene rings is 2. The highest BCUT2D eigenvalue weighted by atomic mass is 32.2. The van der Waals surface area contributed by atoms with Crippen molar-refractivity contribution in [1.29, 1.82) is 0 Å². The van der Waals surface area contributed by atoms with Crippen LogP contribution in [0.5, 0.6) is 5.75 Å². The first-order valence-corrected chi connectivity index (χ1v) is 8.91. The first-order chi connectivity index (χ1) is 11.4. The van der Waals surface area contributed by atoms with Crippen molar-refractivity contribution in [2.75, 3.05) is 17.1 Å². The van der Waals surface area contributed by atoms with Crippen molar-refractivity contribution < 1.29 is 17.9 Å². The Bertz CT molecular complexity index is 830. The second kappa shape index (κ2) is 7.35. The van der Waals surface area contributed by atoms with Crippen LogP contribution < -0.4 is 14.8 Å². The summed E-state index contributed by atoms with van der Waals surface area (Å²) < 4.78 is 32.7. The number of sulfonamides is 1. The SMILES string of the molecule is CCc1cc(NS(=O)(=O)c2ccc(NC(C)=O)cc2)ccc1OC. The summed E-state index contributed by atoms with van der Waals surface area (Å²) in [6, 6.07) is 11.1. The van der Waals surface area contributed by atoms with Crippen molar-refractivity contribution in [1.82, 2.24) is 0 Å². The molecule has 0 atom stereocenters. The summed E-state index contributed by atoms with van der Waals surface area (Å²) in [6.07, 6.45) is 0.726. The molecule has 2 rings (SSSR count). The Balaban J connectivity index is 2.23. The smallest absolute Gasteiger partial charge is 0.261 e. The topological polar surface area (TPSA) is 84.5 Å². The number of carbonyl (C=O) groups excluding carboxylic acids is 1. The molecule has 0 fully saturated rings. The normalized spacial score (nSPS) is 11.0. The zero-order valence-electron chi connectivity index (χ0n) is 13.8. The van der Waals surface area contributed by atoms with E-state index in [9.17, 15) is 13.2 Å². The molecular formula is C17H20N2O4S. The van der Waals surface area contributed by atoms with Crippen LogP contribution in [0.1, 0.15) is 19.4 Å². The van der Waals surface area contributed by atoms with Crippen LogP contribution in [0.2, 0.25) is 0 Å². The molecule has 0 saturated heterocycles. The van der Waals surface area contributed by atoms with Gasteiger partial charge in [-0.3, -0.25) is 9.52 Å². The fourth-order valence-corrected chi connectivity index (χ4v) is 3.30. The minimum atomic E-state index is -3.71. The Morgan fingerprint density at radius 2 is 1.71 bits per heavy atom. The van der Waals surface area contributed by atoms with Gasteiger partial charge in [0.25, 0.3) is 10.0 Å². The molecule has 6 nitrogen and oxygen atoms in total. The molecule has 0 unspecified atom stereocenters. The second-order valence-electron chi connectivity index (χ2n) is 5.19. The fourth-order valence-electron chi connectivity index (χ4n) is 2.25. The van der Waals surface area contributed by atoms with Crippen molar-refractivity contribution in [3.63, 3.8) is 0 Å². The first-order valence-electron chi connectivity index (χ1n) is 7.43. The predicted octanol–water partition coefficient (Wildman–Crippen LogP) is 3.02. The van der Waals surface area contributed by atoms with E-state index in [1.807, 2.05) is 6.92 Å². The molecule has 2 aromatic carbocycles. The number of aryl methyl sites for hydroxylation is 1. The van der Waals surface area contributed by atoms with Gasteiger partial charge in [-0.1, -0.05) is 6.92 Å². The molecule has 0 spiro atoms. The number of methoxy groups -OCH3 is 1. The Morgan fingerprint density at radius 3 is 2.25 bits per heavy atom. The van der Waals surface area contributed by atoms with E-state index < -0.39 is 10.0 Å². The van der Waals surface area contributed by atoms with E-state index in [1.54, 1.807) is 37.4 Å². The maximum absolute atomic E-state index is 12.5. The molecule has 0 saturated carbocycles. The lowest BCUT2D eigenvalue weighted by Crippen LogP contribution is -2.13. The van der Waals surface area contributed by atoms with Crippen LogP contribution in [0.4, 0.5) is 11.4 Å². The van der Waals surface area contributed by atoms with Gasteiger partial charge >= 0.3 is 0 Å². The molecule has 0 aliphatic carbocycles. The van der Waals surface area contributed by atoms with Crippen molar-refractivity contribution in [3.05, 3.63) is 48.0 Å². The highest BCUT2D eigenvalue weighted by Gasteiger charge is 2.15. The first kappa shape index (κ1) is 17.8. The summed E-state index contributed by atoms with van der Waals surface area (Å²) in [5.74, 6) is 0.508. The average Bonchev–Trinajstić information content (AvgIpc) is 2.54. The Labute approximate surface area is 141 Å². The van der Waals surface area contributed by atoms with E-state index in [-0.39, 0.29) is 10.8 Å². The molecule has 128 valence electrons. The zero-order valence-corrected chi connectivity index (χ0v) is 14.6. The van der Waals surface area contributed by atoms with Crippen molar-refractivity contribution in [3.8, 4) is 5.75 Å². The van der Waals surface area contributed by atoms with Gasteiger partial charge in [0.2, 0.25) is 5.91 Å². The number of nitrogens with one attached hydrogen (secondary N) is 2. The standard InChI is InChI=1S/C17H20N2O4S/c1-4-13-11-15(7-10-17(13)23-3)19-24(21,22)16-8-5-14(6-9-16)18-12(2)20/h5-11,19H,4H2,1-3H3,(H,18,20). The number of hydrogen-bond donors (Lipinski definition) is 2. The molecule has 24 heavy (non-hydrogen) atoms. The van der Waals surface area contributed by atoms with E-state index in [0.717, 1.165) is 17.7 Å². The number of rotatable bonds is 6. The molecule has 0 aromatic heterocycles. The summed E-state index contributed by atoms with van der Waals surface area (Å²) in [4.78, 5) is 11.1. The number of ether oxygens (including phenoxy) is 1. The Kier molecular flexibility index (Phi) is 5.46. The minimum absolute atomic E-state index is 0.116. The molecule has 2 N–H and O–H groups in total. The predicted molar refractivity (Wildman–Crippen MR) is 93.9 cm³/mol. The second-order valence-corrected chi connectivity index (χ2v) is 6.87. The van der Waals surface area contributed by atoms with Crippen LogP contribution in [-0.2, 0) is 21.2 Å². The molecule has 0 aliphatic heterocycles. The number of amides is 1. The molecule has 0 radical (unpaired) electrons. The van der Waals surface area contributed by atoms with Gasteiger partial charge in [-0.25, -0.2) is 8.42 Å². The summed E-state index contributed by atoms with van der Waals surface area (Å²) in [7, 11) is -2.13. The van der Waals surface area contributed by atoms with E-state index in [4.69, 9.17) is 4.74 Å². The highest BCUT2D eigenvalue weighted by Crippen LogP contribution is 2.25. The quantitative estimate of drug-likeness (QED) is 0.840. The van der Waals surface area contributed by atoms with Crippen molar-refractivity contribution >= 4 is 27.3 Å². The van der Waals surface area contributed by atoms with Crippen LogP contribution in [0, 0.1) is 0 Å². The summed E-state index contributed by atoms with van der Waals surface area (Å²) in [5, 5.41) is 2.59. The number of carbonyl (C=O) groups is 1. The molecule has 2 aromatic rings. The van der Waals surface area contributed by atoms with Gasteiger partial charge in [0, 0.05) is 18.3 Å². The van der Waals surface area contributed by atoms with E-state index in [1.165, 1.54) is 19.1 Å². The Morgan fingerprint density at radius 1 is 1.08 bits per heavy atom. The van der Waals surface area contributed by atoms with Crippen molar-refractivity contribution in [2.24, 2.45) is 0 Å². The Hall–Kier alpha value is -2.54. The monoisotopic (exact) mass is 348 g/mol. The van der Waals surface area contributed by atoms with Crippen molar-refractivity contribution in [2.45, 2.75) is 25.2 Å². The highest BCUT2D eigenvalue weighted by molar-refractivity contribution is 7.92. The third kappa shape index (κ3) is 4.26. The minimum Gasteiger partial charge on any atom is -0.496 e. The third-order valence-electron chi connectivity index (χ3n) is 3.40. The van der Waals surface area contributed by atoms with Crippen LogP contribution in [-0.4, -0.2) is 21.4 Å². The molecule has 0 bridgehead atoms. The van der Waals surface area contributed by atoms with Gasteiger partial charge in [0.15, 0.2) is 0 Å². The lowest BCUT2D eigenvalue weighted by molar-refractivity contribution is -0.114. The summed E-state index contributed by atoms with van der Waals surface area (Å²) in [5.41, 5.74) is 1.93. The molecular weight excluding hydrogens is 328 g/mol. The maximum Gasteiger partial charge on any atom is 0.261 e. The van der Waals surface area contributed by atoms with Gasteiger partial charge in [0.1, 0.15) is 5.75 Å².